The number of rotatable bonds is 1. The Morgan fingerprint density at radius 2 is 1.05 bits per heavy atom. The van der Waals surface area contributed by atoms with Crippen LogP contribution in [0.1, 0.15) is 41.5 Å². The Balaban J connectivity index is 0. The average molecular weight is 385 g/mol. The summed E-state index contributed by atoms with van der Waals surface area (Å²) in [6.07, 6.45) is 0. The molecule has 0 aliphatic heterocycles. The summed E-state index contributed by atoms with van der Waals surface area (Å²) in [5, 5.41) is 0.258. The van der Waals surface area contributed by atoms with Crippen LogP contribution in [0.25, 0.3) is 0 Å². The summed E-state index contributed by atoms with van der Waals surface area (Å²) >= 11 is -7.00. The van der Waals surface area contributed by atoms with Gasteiger partial charge in [-0.2, -0.15) is 0 Å². The Bertz CT molecular complexity index is 413. The van der Waals surface area contributed by atoms with Crippen molar-refractivity contribution in [3.05, 3.63) is 30.3 Å². The molecule has 22 heavy (non-hydrogen) atoms. The van der Waals surface area contributed by atoms with Gasteiger partial charge in [0.15, 0.2) is 0 Å². The first-order chi connectivity index (χ1) is 9.11. The molecular weight excluding hydrogens is 361 g/mol. The van der Waals surface area contributed by atoms with Gasteiger partial charge in [0.25, 0.3) is 0 Å². The van der Waals surface area contributed by atoms with E-state index in [4.69, 9.17) is 0 Å². The van der Waals surface area contributed by atoms with E-state index in [-0.39, 0.29) is 15.0 Å². The van der Waals surface area contributed by atoms with E-state index in [0.29, 0.717) is 0 Å². The minimum atomic E-state index is -7.00. The molecule has 0 aliphatic rings. The van der Waals surface area contributed by atoms with Crippen molar-refractivity contribution in [3.63, 3.8) is 0 Å². The fourth-order valence-electron chi connectivity index (χ4n) is 2.41. The SMILES string of the molecule is CC(C)(C)[P+](F)(c1ccccc1)C(C)(C)C.F.[F][Ti]([F])([F])[F]. The molecule has 0 radical (unpaired) electrons. The van der Waals surface area contributed by atoms with Gasteiger partial charge < -0.3 is 0 Å². The summed E-state index contributed by atoms with van der Waals surface area (Å²) in [6.45, 7) is 12.1. The van der Waals surface area contributed by atoms with E-state index in [1.54, 1.807) is 0 Å². The van der Waals surface area contributed by atoms with Gasteiger partial charge in [-0.1, -0.05) is 22.4 Å². The van der Waals surface area contributed by atoms with Crippen LogP contribution < -0.4 is 5.30 Å². The zero-order valence-electron chi connectivity index (χ0n) is 13.6. The van der Waals surface area contributed by atoms with Crippen molar-refractivity contribution in [1.29, 1.82) is 0 Å². The van der Waals surface area contributed by atoms with Crippen LogP contribution >= 0.6 is 7.57 Å². The van der Waals surface area contributed by atoms with E-state index in [2.05, 4.69) is 0 Å². The average Bonchev–Trinajstić information content (AvgIpc) is 2.23. The van der Waals surface area contributed by atoms with Crippen molar-refractivity contribution in [2.24, 2.45) is 0 Å². The van der Waals surface area contributed by atoms with Gasteiger partial charge in [0, 0.05) is 0 Å². The van der Waals surface area contributed by atoms with Crippen molar-refractivity contribution in [2.45, 2.75) is 51.9 Å². The second-order valence-electron chi connectivity index (χ2n) is 6.69. The second-order valence-corrected chi connectivity index (χ2v) is 12.4. The maximum absolute atomic E-state index is 15.6. The third-order valence-corrected chi connectivity index (χ3v) is 7.67. The molecule has 0 heterocycles. The summed E-state index contributed by atoms with van der Waals surface area (Å²) in [5.74, 6) is 0. The van der Waals surface area contributed by atoms with E-state index < -0.39 is 26.3 Å². The molecule has 130 valence electrons. The zero-order valence-corrected chi connectivity index (χ0v) is 16.1. The molecule has 0 saturated heterocycles. The van der Waals surface area contributed by atoms with E-state index >= 15 is 4.20 Å². The molecular formula is C14H24F6PTi+. The summed E-state index contributed by atoms with van der Waals surface area (Å²) in [6, 6.07) is 9.68. The van der Waals surface area contributed by atoms with Crippen molar-refractivity contribution in [2.75, 3.05) is 0 Å². The zero-order chi connectivity index (χ0) is 17.1. The molecule has 0 aliphatic carbocycles. The summed E-state index contributed by atoms with van der Waals surface area (Å²) in [4.78, 5) is 0. The molecule has 1 rings (SSSR count). The molecule has 0 atom stereocenters. The Hall–Kier alpha value is -0.0557. The van der Waals surface area contributed by atoms with Crippen LogP contribution in [0.15, 0.2) is 30.3 Å². The van der Waals surface area contributed by atoms with Crippen LogP contribution in [0.4, 0.5) is 21.3 Å². The summed E-state index contributed by atoms with van der Waals surface area (Å²) in [7, 11) is -2.69. The van der Waals surface area contributed by atoms with E-state index in [0.717, 1.165) is 5.30 Å². The van der Waals surface area contributed by atoms with Crippen LogP contribution in [-0.2, 0) is 18.7 Å². The van der Waals surface area contributed by atoms with Crippen LogP contribution in [0, 0.1) is 0 Å². The molecule has 0 spiro atoms. The van der Waals surface area contributed by atoms with Gasteiger partial charge in [-0.15, -0.1) is 0 Å². The Kier molecular flexibility index (Phi) is 8.98. The van der Waals surface area contributed by atoms with Crippen LogP contribution in [0.5, 0.6) is 0 Å². The monoisotopic (exact) mass is 385 g/mol. The third kappa shape index (κ3) is 7.01. The topological polar surface area (TPSA) is 0 Å². The number of hydrogen-bond acceptors (Lipinski definition) is 0. The van der Waals surface area contributed by atoms with Gasteiger partial charge in [0.1, 0.15) is 15.6 Å². The predicted molar refractivity (Wildman–Crippen MR) is 80.5 cm³/mol. The van der Waals surface area contributed by atoms with Gasteiger partial charge in [-0.05, 0) is 53.7 Å². The maximum atomic E-state index is 15.6. The van der Waals surface area contributed by atoms with Gasteiger partial charge in [0.05, 0.1) is 0 Å². The summed E-state index contributed by atoms with van der Waals surface area (Å²) < 4.78 is 55.1. The molecule has 0 nitrogen and oxygen atoms in total. The Morgan fingerprint density at radius 1 is 0.773 bits per heavy atom. The molecule has 0 unspecified atom stereocenters. The number of benzene rings is 1. The first-order valence-corrected chi connectivity index (χ1v) is 10.5. The van der Waals surface area contributed by atoms with Crippen LogP contribution in [0.2, 0.25) is 0 Å². The van der Waals surface area contributed by atoms with E-state index in [1.165, 1.54) is 0 Å². The fraction of sp³-hybridized carbons (Fsp3) is 0.571. The molecule has 1 aromatic rings. The molecule has 0 bridgehead atoms. The quantitative estimate of drug-likeness (QED) is 0.289. The van der Waals surface area contributed by atoms with Gasteiger partial charge in [-0.3, -0.25) is 4.70 Å². The van der Waals surface area contributed by atoms with E-state index in [1.807, 2.05) is 71.9 Å². The summed E-state index contributed by atoms with van der Waals surface area (Å²) in [5.41, 5.74) is 0. The third-order valence-electron chi connectivity index (χ3n) is 2.96. The van der Waals surface area contributed by atoms with Crippen molar-refractivity contribution in [3.8, 4) is 0 Å². The molecule has 0 N–H and O–H groups in total. The second kappa shape index (κ2) is 8.16. The normalized spacial score (nSPS) is 12.9. The van der Waals surface area contributed by atoms with Gasteiger partial charge in [-0.25, -0.2) is 0 Å². The van der Waals surface area contributed by atoms with Gasteiger partial charge >= 0.3 is 31.1 Å². The van der Waals surface area contributed by atoms with Crippen molar-refractivity contribution >= 4 is 12.9 Å². The minimum absolute atomic E-state index is 0. The molecule has 0 amide bonds. The van der Waals surface area contributed by atoms with E-state index in [9.17, 15) is 12.4 Å². The van der Waals surface area contributed by atoms with Crippen LogP contribution in [-0.4, -0.2) is 10.3 Å². The molecule has 1 aromatic carbocycles. The fourth-order valence-corrected chi connectivity index (χ4v) is 6.56. The first-order valence-electron chi connectivity index (χ1n) is 6.51. The Labute approximate surface area is 135 Å². The molecule has 0 aromatic heterocycles. The van der Waals surface area contributed by atoms with Crippen LogP contribution in [0.3, 0.4) is 0 Å². The molecule has 8 heteroatoms. The molecule has 0 saturated carbocycles. The number of halogens is 6. The van der Waals surface area contributed by atoms with Crippen molar-refractivity contribution in [1.82, 2.24) is 0 Å². The van der Waals surface area contributed by atoms with Gasteiger partial charge in [0.2, 0.25) is 7.57 Å². The number of hydrogen-bond donors (Lipinski definition) is 0. The standard InChI is InChI=1S/C14H23FP.5FH.Ti/c1-13(2,3)16(15,14(4,5)6)12-10-8-7-9-11-12;;;;;;/h7-11H,1-6H3;5*1H;/q+1;;;;;;+4/p-4. The first kappa shape index (κ1) is 24.2. The Morgan fingerprint density at radius 3 is 1.27 bits per heavy atom. The predicted octanol–water partition coefficient (Wildman–Crippen LogP) is 6.64. The molecule has 0 fully saturated rings. The van der Waals surface area contributed by atoms with Crippen molar-refractivity contribution < 1.29 is 40.0 Å².